The molecule has 1 amide bonds. The number of piperidine rings is 1. The molecule has 2 rings (SSSR count). The summed E-state index contributed by atoms with van der Waals surface area (Å²) in [5.74, 6) is -0.273. The molecule has 1 aromatic heterocycles. The fourth-order valence-corrected chi connectivity index (χ4v) is 4.51. The van der Waals surface area contributed by atoms with Crippen LogP contribution in [-0.2, 0) is 10.0 Å². The number of sulfonamides is 1. The summed E-state index contributed by atoms with van der Waals surface area (Å²) in [5, 5.41) is 13.7. The second-order valence-electron chi connectivity index (χ2n) is 5.36. The van der Waals surface area contributed by atoms with Gasteiger partial charge < -0.3 is 5.32 Å². The molecule has 0 atom stereocenters. The Morgan fingerprint density at radius 2 is 2.09 bits per heavy atom. The summed E-state index contributed by atoms with van der Waals surface area (Å²) in [5.41, 5.74) is -0.0518. The number of nitrogens with zero attached hydrogens (tertiary/aromatic N) is 2. The number of nitro groups is 1. The minimum Gasteiger partial charge on any atom is -0.349 e. The lowest BCUT2D eigenvalue weighted by Crippen LogP contribution is -2.46. The third-order valence-corrected chi connectivity index (χ3v) is 6.78. The Kier molecular flexibility index (Phi) is 5.37. The number of hydrogen-bond acceptors (Lipinski definition) is 6. The fraction of sp³-hybridized carbons (Fsp3) is 0.615. The molecule has 0 saturated carbocycles. The Morgan fingerprint density at radius 3 is 2.57 bits per heavy atom. The topological polar surface area (TPSA) is 110 Å². The maximum absolute atomic E-state index is 12.2. The van der Waals surface area contributed by atoms with E-state index in [0.717, 1.165) is 11.3 Å². The molecule has 10 heteroatoms. The van der Waals surface area contributed by atoms with E-state index < -0.39 is 14.9 Å². The van der Waals surface area contributed by atoms with Crippen LogP contribution in [0.2, 0.25) is 0 Å². The van der Waals surface area contributed by atoms with E-state index in [9.17, 15) is 23.3 Å². The molecule has 0 aromatic carbocycles. The van der Waals surface area contributed by atoms with E-state index >= 15 is 0 Å². The molecule has 1 aliphatic rings. The van der Waals surface area contributed by atoms with Crippen LogP contribution in [-0.4, -0.2) is 48.4 Å². The highest BCUT2D eigenvalue weighted by atomic mass is 32.2. The van der Waals surface area contributed by atoms with Crippen molar-refractivity contribution in [2.75, 3.05) is 18.8 Å². The number of nitrogens with one attached hydrogen (secondary N) is 1. The van der Waals surface area contributed by atoms with Crippen LogP contribution in [0.1, 0.15) is 34.3 Å². The molecule has 1 saturated heterocycles. The van der Waals surface area contributed by atoms with Crippen LogP contribution in [0.25, 0.3) is 0 Å². The summed E-state index contributed by atoms with van der Waals surface area (Å²) in [6.07, 6.45) is 1.08. The van der Waals surface area contributed by atoms with Gasteiger partial charge in [-0.1, -0.05) is 0 Å². The van der Waals surface area contributed by atoms with Crippen molar-refractivity contribution < 1.29 is 18.1 Å². The number of carbonyl (C=O) groups is 1. The number of aryl methyl sites for hydroxylation is 1. The zero-order chi connectivity index (χ0) is 17.2. The van der Waals surface area contributed by atoms with Crippen molar-refractivity contribution in [2.24, 2.45) is 0 Å². The molecule has 2 heterocycles. The van der Waals surface area contributed by atoms with Crippen molar-refractivity contribution in [1.82, 2.24) is 9.62 Å². The van der Waals surface area contributed by atoms with Gasteiger partial charge in [-0.05, 0) is 26.7 Å². The van der Waals surface area contributed by atoms with Crippen LogP contribution < -0.4 is 5.32 Å². The summed E-state index contributed by atoms with van der Waals surface area (Å²) in [7, 11) is -3.19. The van der Waals surface area contributed by atoms with Crippen molar-refractivity contribution in [3.8, 4) is 0 Å². The maximum atomic E-state index is 12.2. The lowest BCUT2D eigenvalue weighted by atomic mass is 10.1. The van der Waals surface area contributed by atoms with E-state index in [1.807, 2.05) is 0 Å². The average molecular weight is 361 g/mol. The van der Waals surface area contributed by atoms with Gasteiger partial charge in [-0.3, -0.25) is 14.9 Å². The minimum atomic E-state index is -3.19. The van der Waals surface area contributed by atoms with Gasteiger partial charge in [0, 0.05) is 25.2 Å². The summed E-state index contributed by atoms with van der Waals surface area (Å²) in [4.78, 5) is 23.3. The smallest absolute Gasteiger partial charge is 0.283 e. The summed E-state index contributed by atoms with van der Waals surface area (Å²) < 4.78 is 25.0. The van der Waals surface area contributed by atoms with Gasteiger partial charge >= 0.3 is 0 Å². The van der Waals surface area contributed by atoms with Crippen molar-refractivity contribution in [1.29, 1.82) is 0 Å². The zero-order valence-electron chi connectivity index (χ0n) is 12.9. The van der Waals surface area contributed by atoms with E-state index in [1.54, 1.807) is 13.8 Å². The van der Waals surface area contributed by atoms with Crippen LogP contribution in [0.5, 0.6) is 0 Å². The van der Waals surface area contributed by atoms with Crippen molar-refractivity contribution in [3.63, 3.8) is 0 Å². The van der Waals surface area contributed by atoms with Gasteiger partial charge in [-0.2, -0.15) is 0 Å². The predicted octanol–water partition coefficient (Wildman–Crippen LogP) is 1.51. The van der Waals surface area contributed by atoms with Gasteiger partial charge in [0.1, 0.15) is 0 Å². The molecule has 1 aliphatic heterocycles. The first-order valence-corrected chi connectivity index (χ1v) is 9.70. The Balaban J connectivity index is 1.95. The quantitative estimate of drug-likeness (QED) is 0.631. The largest absolute Gasteiger partial charge is 0.349 e. The van der Waals surface area contributed by atoms with E-state index in [4.69, 9.17) is 0 Å². The van der Waals surface area contributed by atoms with Gasteiger partial charge in [0.25, 0.3) is 11.6 Å². The Hall–Kier alpha value is -1.52. The molecule has 128 valence electrons. The Labute approximate surface area is 138 Å². The SMILES string of the molecule is CCS(=O)(=O)N1CCC(NC(=O)c2cc([N+](=O)[O-])c(C)s2)CC1. The highest BCUT2D eigenvalue weighted by molar-refractivity contribution is 7.89. The standard InChI is InChI=1S/C13H19N3O5S2/c1-3-23(20,21)15-6-4-10(5-7-15)14-13(17)12-8-11(16(18)19)9(2)22-12/h8,10H,3-7H2,1-2H3,(H,14,17). The third-order valence-electron chi connectivity index (χ3n) is 3.86. The summed E-state index contributed by atoms with van der Waals surface area (Å²) in [6.45, 7) is 3.97. The van der Waals surface area contributed by atoms with Crippen molar-refractivity contribution in [3.05, 3.63) is 25.9 Å². The number of rotatable bonds is 5. The first-order chi connectivity index (χ1) is 10.7. The number of amides is 1. The van der Waals surface area contributed by atoms with E-state index in [0.29, 0.717) is 35.7 Å². The molecule has 8 nitrogen and oxygen atoms in total. The Bertz CT molecular complexity index is 705. The molecule has 0 spiro atoms. The van der Waals surface area contributed by atoms with E-state index in [1.165, 1.54) is 10.4 Å². The van der Waals surface area contributed by atoms with Crippen LogP contribution in [0, 0.1) is 17.0 Å². The molecule has 0 unspecified atom stereocenters. The monoisotopic (exact) mass is 361 g/mol. The maximum Gasteiger partial charge on any atom is 0.283 e. The lowest BCUT2D eigenvalue weighted by molar-refractivity contribution is -0.385. The van der Waals surface area contributed by atoms with Crippen molar-refractivity contribution >= 4 is 33.0 Å². The number of hydrogen-bond donors (Lipinski definition) is 1. The van der Waals surface area contributed by atoms with Crippen LogP contribution in [0.4, 0.5) is 5.69 Å². The lowest BCUT2D eigenvalue weighted by Gasteiger charge is -2.31. The number of thiophene rings is 1. The molecule has 0 aliphatic carbocycles. The van der Waals surface area contributed by atoms with E-state index in [-0.39, 0.29) is 23.4 Å². The first kappa shape index (κ1) is 17.8. The summed E-state index contributed by atoms with van der Waals surface area (Å²) >= 11 is 1.09. The molecular weight excluding hydrogens is 342 g/mol. The highest BCUT2D eigenvalue weighted by Crippen LogP contribution is 2.28. The van der Waals surface area contributed by atoms with Crippen LogP contribution >= 0.6 is 11.3 Å². The molecule has 1 N–H and O–H groups in total. The van der Waals surface area contributed by atoms with Gasteiger partial charge in [0.05, 0.1) is 20.4 Å². The molecule has 1 aromatic rings. The molecular formula is C13H19N3O5S2. The normalized spacial score (nSPS) is 17.1. The van der Waals surface area contributed by atoms with Gasteiger partial charge in [-0.15, -0.1) is 11.3 Å². The fourth-order valence-electron chi connectivity index (χ4n) is 2.48. The van der Waals surface area contributed by atoms with Crippen LogP contribution in [0.15, 0.2) is 6.07 Å². The molecule has 0 bridgehead atoms. The molecule has 23 heavy (non-hydrogen) atoms. The van der Waals surface area contributed by atoms with Crippen molar-refractivity contribution in [2.45, 2.75) is 32.7 Å². The summed E-state index contributed by atoms with van der Waals surface area (Å²) in [6, 6.07) is 1.17. The highest BCUT2D eigenvalue weighted by Gasteiger charge is 2.28. The molecule has 0 radical (unpaired) electrons. The van der Waals surface area contributed by atoms with Gasteiger partial charge in [-0.25, -0.2) is 12.7 Å². The second-order valence-corrected chi connectivity index (χ2v) is 8.87. The van der Waals surface area contributed by atoms with Gasteiger partial charge in [0.15, 0.2) is 0 Å². The van der Waals surface area contributed by atoms with Gasteiger partial charge in [0.2, 0.25) is 10.0 Å². The number of carbonyl (C=O) groups excluding carboxylic acids is 1. The average Bonchev–Trinajstić information content (AvgIpc) is 2.90. The Morgan fingerprint density at radius 1 is 1.48 bits per heavy atom. The minimum absolute atomic E-state index is 0.0518. The third kappa shape index (κ3) is 4.06. The van der Waals surface area contributed by atoms with Crippen LogP contribution in [0.3, 0.4) is 0 Å². The predicted molar refractivity (Wildman–Crippen MR) is 87.2 cm³/mol. The van der Waals surface area contributed by atoms with E-state index in [2.05, 4.69) is 5.32 Å². The zero-order valence-corrected chi connectivity index (χ0v) is 14.6. The first-order valence-electron chi connectivity index (χ1n) is 7.28. The molecule has 1 fully saturated rings. The second kappa shape index (κ2) is 6.93.